The van der Waals surface area contributed by atoms with Gasteiger partial charge < -0.3 is 15.2 Å². The molecule has 128 valence electrons. The fourth-order valence-corrected chi connectivity index (χ4v) is 2.85. The number of amides is 2. The van der Waals surface area contributed by atoms with Crippen molar-refractivity contribution in [2.24, 2.45) is 13.0 Å². The molecular formula is C16H22N6O2. The number of nitrogens with one attached hydrogen (secondary N) is 2. The van der Waals surface area contributed by atoms with Crippen molar-refractivity contribution in [3.05, 3.63) is 40.7 Å². The van der Waals surface area contributed by atoms with Crippen LogP contribution in [0.25, 0.3) is 5.65 Å². The smallest absolute Gasteiger partial charge is 0.315 e. The Morgan fingerprint density at radius 2 is 2.08 bits per heavy atom. The summed E-state index contributed by atoms with van der Waals surface area (Å²) < 4.78 is 3.12. The molecule has 1 aliphatic carbocycles. The molecule has 0 aliphatic heterocycles. The van der Waals surface area contributed by atoms with Crippen LogP contribution in [0.3, 0.4) is 0 Å². The highest BCUT2D eigenvalue weighted by Gasteiger charge is 2.19. The number of urea groups is 1. The van der Waals surface area contributed by atoms with Crippen LogP contribution in [0.1, 0.15) is 25.6 Å². The number of carbonyl (C=O) groups is 1. The number of carbonyl (C=O) groups excluding carboxylic acids is 1. The van der Waals surface area contributed by atoms with Gasteiger partial charge in [0.25, 0.3) is 5.56 Å². The van der Waals surface area contributed by atoms with Gasteiger partial charge in [0.15, 0.2) is 0 Å². The second-order valence-corrected chi connectivity index (χ2v) is 6.20. The fraction of sp³-hybridized carbons (Fsp3) is 0.500. The molecule has 3 rings (SSSR count). The van der Waals surface area contributed by atoms with Crippen molar-refractivity contribution >= 4 is 11.7 Å². The Kier molecular flexibility index (Phi) is 4.64. The van der Waals surface area contributed by atoms with Gasteiger partial charge in [-0.2, -0.15) is 0 Å². The van der Waals surface area contributed by atoms with Gasteiger partial charge in [-0.3, -0.25) is 9.20 Å². The Bertz CT molecular complexity index is 822. The lowest BCUT2D eigenvalue weighted by Gasteiger charge is -2.26. The molecule has 8 heteroatoms. The zero-order valence-electron chi connectivity index (χ0n) is 13.9. The van der Waals surface area contributed by atoms with Crippen molar-refractivity contribution in [2.75, 3.05) is 6.54 Å². The molecule has 1 aliphatic rings. The van der Waals surface area contributed by atoms with Crippen molar-refractivity contribution in [3.63, 3.8) is 0 Å². The van der Waals surface area contributed by atoms with Crippen LogP contribution in [-0.4, -0.2) is 37.8 Å². The van der Waals surface area contributed by atoms with Gasteiger partial charge in [0.2, 0.25) is 5.65 Å². The molecule has 0 saturated heterocycles. The van der Waals surface area contributed by atoms with Gasteiger partial charge >= 0.3 is 6.03 Å². The lowest BCUT2D eigenvalue weighted by molar-refractivity contribution is 0.231. The summed E-state index contributed by atoms with van der Waals surface area (Å²) in [6.07, 6.45) is 10.0. The third-order valence-corrected chi connectivity index (χ3v) is 4.42. The number of hydrogen-bond donors (Lipinski definition) is 2. The lowest BCUT2D eigenvalue weighted by Crippen LogP contribution is -2.45. The molecule has 2 N–H and O–H groups in total. The quantitative estimate of drug-likeness (QED) is 0.804. The standard InChI is InChI=1S/C16H22N6O2/c1-11-5-3-4-6-12(11)18-16(24)17-8-7-13-19-20-14-15(23)21(2)9-10-22(13)14/h3-4,9-12H,5-8H2,1-2H3,(H2,17,18,24)/t11-,12-/m1/s1. The van der Waals surface area contributed by atoms with E-state index in [2.05, 4.69) is 39.9 Å². The van der Waals surface area contributed by atoms with Gasteiger partial charge in [-0.1, -0.05) is 19.1 Å². The van der Waals surface area contributed by atoms with E-state index in [0.717, 1.165) is 12.8 Å². The number of aryl methyl sites for hydroxylation is 1. The van der Waals surface area contributed by atoms with Crippen LogP contribution in [0.4, 0.5) is 4.79 Å². The molecule has 2 amide bonds. The summed E-state index contributed by atoms with van der Waals surface area (Å²) in [5.41, 5.74) is 0.101. The minimum atomic E-state index is -0.193. The molecule has 2 aromatic rings. The average Bonchev–Trinajstić information content (AvgIpc) is 2.97. The second-order valence-electron chi connectivity index (χ2n) is 6.20. The molecule has 0 fully saturated rings. The highest BCUT2D eigenvalue weighted by Crippen LogP contribution is 2.17. The molecule has 2 heterocycles. The first kappa shape index (κ1) is 16.2. The summed E-state index contributed by atoms with van der Waals surface area (Å²) >= 11 is 0. The summed E-state index contributed by atoms with van der Waals surface area (Å²) in [5, 5.41) is 13.8. The number of hydrogen-bond acceptors (Lipinski definition) is 4. The number of aromatic nitrogens is 4. The minimum absolute atomic E-state index is 0.173. The summed E-state index contributed by atoms with van der Waals surface area (Å²) in [6, 6.07) is -0.00108. The highest BCUT2D eigenvalue weighted by molar-refractivity contribution is 5.74. The SMILES string of the molecule is C[C@@H]1CC=CC[C@H]1NC(=O)NCCc1nnc2c(=O)n(C)ccn12. The van der Waals surface area contributed by atoms with Gasteiger partial charge in [-0.15, -0.1) is 10.2 Å². The third-order valence-electron chi connectivity index (χ3n) is 4.42. The molecule has 0 aromatic carbocycles. The number of fused-ring (bicyclic) bond motifs is 1. The molecule has 0 bridgehead atoms. The second kappa shape index (κ2) is 6.86. The topological polar surface area (TPSA) is 93.3 Å². The van der Waals surface area contributed by atoms with Crippen molar-refractivity contribution in [1.29, 1.82) is 0 Å². The van der Waals surface area contributed by atoms with E-state index in [1.165, 1.54) is 4.57 Å². The fourth-order valence-electron chi connectivity index (χ4n) is 2.85. The molecular weight excluding hydrogens is 308 g/mol. The zero-order valence-corrected chi connectivity index (χ0v) is 13.9. The van der Waals surface area contributed by atoms with Crippen LogP contribution >= 0.6 is 0 Å². The van der Waals surface area contributed by atoms with E-state index in [1.54, 1.807) is 23.8 Å². The average molecular weight is 330 g/mol. The van der Waals surface area contributed by atoms with Gasteiger partial charge in [-0.25, -0.2) is 4.79 Å². The summed E-state index contributed by atoms with van der Waals surface area (Å²) in [6.45, 7) is 2.57. The van der Waals surface area contributed by atoms with Crippen LogP contribution in [-0.2, 0) is 13.5 Å². The maximum atomic E-state index is 12.0. The molecule has 24 heavy (non-hydrogen) atoms. The zero-order chi connectivity index (χ0) is 17.1. The predicted molar refractivity (Wildman–Crippen MR) is 89.8 cm³/mol. The van der Waals surface area contributed by atoms with Crippen LogP contribution in [0.5, 0.6) is 0 Å². The lowest BCUT2D eigenvalue weighted by atomic mass is 9.91. The molecule has 0 saturated carbocycles. The normalized spacial score (nSPS) is 20.2. The van der Waals surface area contributed by atoms with Gasteiger partial charge in [0.05, 0.1) is 0 Å². The first-order valence-electron chi connectivity index (χ1n) is 8.15. The van der Waals surface area contributed by atoms with E-state index in [9.17, 15) is 9.59 Å². The maximum Gasteiger partial charge on any atom is 0.315 e. The van der Waals surface area contributed by atoms with Gasteiger partial charge in [0, 0.05) is 38.4 Å². The largest absolute Gasteiger partial charge is 0.338 e. The third kappa shape index (κ3) is 3.32. The predicted octanol–water partition coefficient (Wildman–Crippen LogP) is 0.624. The van der Waals surface area contributed by atoms with E-state index >= 15 is 0 Å². The Balaban J connectivity index is 1.55. The maximum absolute atomic E-state index is 12.0. The summed E-state index contributed by atoms with van der Waals surface area (Å²) in [7, 11) is 1.67. The number of allylic oxidation sites excluding steroid dienone is 1. The molecule has 8 nitrogen and oxygen atoms in total. The number of nitrogens with zero attached hydrogens (tertiary/aromatic N) is 4. The van der Waals surface area contributed by atoms with E-state index < -0.39 is 0 Å². The van der Waals surface area contributed by atoms with Gasteiger partial charge in [0.1, 0.15) is 5.82 Å². The van der Waals surface area contributed by atoms with Crippen LogP contribution in [0.15, 0.2) is 29.3 Å². The van der Waals surface area contributed by atoms with Crippen LogP contribution < -0.4 is 16.2 Å². The first-order valence-corrected chi connectivity index (χ1v) is 8.15. The van der Waals surface area contributed by atoms with Crippen molar-refractivity contribution in [3.8, 4) is 0 Å². The van der Waals surface area contributed by atoms with E-state index in [1.807, 2.05) is 0 Å². The molecule has 2 aromatic heterocycles. The van der Waals surface area contributed by atoms with E-state index in [-0.39, 0.29) is 17.6 Å². The van der Waals surface area contributed by atoms with E-state index in [4.69, 9.17) is 0 Å². The van der Waals surface area contributed by atoms with E-state index in [0.29, 0.717) is 30.4 Å². The van der Waals surface area contributed by atoms with Crippen molar-refractivity contribution in [1.82, 2.24) is 29.8 Å². The molecule has 2 atom stereocenters. The summed E-state index contributed by atoms with van der Waals surface area (Å²) in [5.74, 6) is 1.09. The number of rotatable bonds is 4. The van der Waals surface area contributed by atoms with Crippen LogP contribution in [0, 0.1) is 5.92 Å². The Hall–Kier alpha value is -2.64. The minimum Gasteiger partial charge on any atom is -0.338 e. The molecule has 0 unspecified atom stereocenters. The first-order chi connectivity index (χ1) is 11.6. The van der Waals surface area contributed by atoms with Crippen molar-refractivity contribution < 1.29 is 4.79 Å². The highest BCUT2D eigenvalue weighted by atomic mass is 16.2. The van der Waals surface area contributed by atoms with Gasteiger partial charge in [-0.05, 0) is 18.8 Å². The van der Waals surface area contributed by atoms with Crippen molar-refractivity contribution in [2.45, 2.75) is 32.2 Å². The monoisotopic (exact) mass is 330 g/mol. The Morgan fingerprint density at radius 3 is 2.88 bits per heavy atom. The Morgan fingerprint density at radius 1 is 1.29 bits per heavy atom. The molecule has 0 spiro atoms. The summed E-state index contributed by atoms with van der Waals surface area (Å²) in [4.78, 5) is 23.9. The Labute approximate surface area is 139 Å². The van der Waals surface area contributed by atoms with Crippen LogP contribution in [0.2, 0.25) is 0 Å². The molecule has 0 radical (unpaired) electrons.